The number of aromatic nitrogens is 3. The van der Waals surface area contributed by atoms with Crippen LogP contribution in [0.4, 0.5) is 0 Å². The summed E-state index contributed by atoms with van der Waals surface area (Å²) in [5, 5.41) is 24.0. The molecular formula is C18H20N4O2. The lowest BCUT2D eigenvalue weighted by Gasteiger charge is -2.24. The molecule has 1 aromatic heterocycles. The first kappa shape index (κ1) is 16.1. The molecule has 0 unspecified atom stereocenters. The Hall–Kier alpha value is -2.73. The quantitative estimate of drug-likeness (QED) is 0.650. The number of nitrogens with zero attached hydrogens (tertiary/aromatic N) is 2. The van der Waals surface area contributed by atoms with Gasteiger partial charge in [-0.1, -0.05) is 43.7 Å². The molecule has 0 fully saturated rings. The second kappa shape index (κ2) is 7.23. The van der Waals surface area contributed by atoms with Crippen LogP contribution >= 0.6 is 0 Å². The van der Waals surface area contributed by atoms with Crippen molar-refractivity contribution in [3.05, 3.63) is 59.7 Å². The highest BCUT2D eigenvalue weighted by Crippen LogP contribution is 2.20. The Morgan fingerprint density at radius 2 is 1.92 bits per heavy atom. The lowest BCUT2D eigenvalue weighted by molar-refractivity contribution is 0.0820. The third-order valence-corrected chi connectivity index (χ3v) is 4.02. The van der Waals surface area contributed by atoms with Crippen molar-refractivity contribution >= 4 is 16.9 Å². The van der Waals surface area contributed by atoms with Gasteiger partial charge in [0.2, 0.25) is 0 Å². The van der Waals surface area contributed by atoms with E-state index < -0.39 is 6.10 Å². The average molecular weight is 324 g/mol. The van der Waals surface area contributed by atoms with Crippen LogP contribution in [-0.2, 0) is 0 Å². The van der Waals surface area contributed by atoms with Gasteiger partial charge in [0.15, 0.2) is 0 Å². The van der Waals surface area contributed by atoms with Crippen molar-refractivity contribution in [1.29, 1.82) is 0 Å². The Morgan fingerprint density at radius 3 is 2.67 bits per heavy atom. The lowest BCUT2D eigenvalue weighted by Crippen LogP contribution is -2.39. The normalized spacial score (nSPS) is 13.6. The summed E-state index contributed by atoms with van der Waals surface area (Å²) in [4.78, 5) is 12.6. The topological polar surface area (TPSA) is 90.9 Å². The van der Waals surface area contributed by atoms with E-state index in [1.54, 1.807) is 18.2 Å². The first-order valence-corrected chi connectivity index (χ1v) is 8.03. The van der Waals surface area contributed by atoms with E-state index in [0.29, 0.717) is 23.0 Å². The molecule has 24 heavy (non-hydrogen) atoms. The van der Waals surface area contributed by atoms with E-state index in [1.165, 1.54) is 0 Å². The van der Waals surface area contributed by atoms with E-state index in [1.807, 2.05) is 37.3 Å². The molecule has 0 spiro atoms. The molecule has 2 aromatic carbocycles. The summed E-state index contributed by atoms with van der Waals surface area (Å²) in [7, 11) is 0. The maximum atomic E-state index is 12.6. The van der Waals surface area contributed by atoms with Crippen LogP contribution in [0.25, 0.3) is 11.0 Å². The van der Waals surface area contributed by atoms with Crippen molar-refractivity contribution in [2.45, 2.75) is 31.9 Å². The summed E-state index contributed by atoms with van der Waals surface area (Å²) >= 11 is 0. The van der Waals surface area contributed by atoms with Gasteiger partial charge in [0, 0.05) is 5.56 Å². The Kier molecular flexibility index (Phi) is 4.86. The number of carbonyl (C=O) groups is 1. The summed E-state index contributed by atoms with van der Waals surface area (Å²) in [5.74, 6) is -0.228. The second-order valence-corrected chi connectivity index (χ2v) is 5.75. The van der Waals surface area contributed by atoms with Crippen LogP contribution in [0.5, 0.6) is 0 Å². The molecule has 1 heterocycles. The molecular weight excluding hydrogens is 304 g/mol. The van der Waals surface area contributed by atoms with Gasteiger partial charge in [-0.05, 0) is 30.2 Å². The van der Waals surface area contributed by atoms with Gasteiger partial charge in [-0.3, -0.25) is 4.79 Å². The van der Waals surface area contributed by atoms with Crippen LogP contribution in [0.3, 0.4) is 0 Å². The number of rotatable bonds is 6. The zero-order chi connectivity index (χ0) is 16.9. The van der Waals surface area contributed by atoms with Gasteiger partial charge in [-0.2, -0.15) is 15.4 Å². The van der Waals surface area contributed by atoms with Gasteiger partial charge in [0.1, 0.15) is 11.0 Å². The fraction of sp³-hybridized carbons (Fsp3) is 0.278. The predicted octanol–water partition coefficient (Wildman–Crippen LogP) is 2.59. The Labute approximate surface area is 139 Å². The summed E-state index contributed by atoms with van der Waals surface area (Å²) in [6.45, 7) is 2.03. The number of hydrogen-bond donors (Lipinski definition) is 3. The molecule has 0 radical (unpaired) electrons. The van der Waals surface area contributed by atoms with Crippen LogP contribution in [0.1, 0.15) is 41.8 Å². The van der Waals surface area contributed by atoms with Crippen molar-refractivity contribution in [3.8, 4) is 0 Å². The fourth-order valence-electron chi connectivity index (χ4n) is 2.74. The zero-order valence-electron chi connectivity index (χ0n) is 13.4. The number of H-pyrrole nitrogens is 1. The molecule has 0 bridgehead atoms. The molecule has 0 saturated carbocycles. The third kappa shape index (κ3) is 3.44. The van der Waals surface area contributed by atoms with E-state index >= 15 is 0 Å². The molecule has 2 atom stereocenters. The van der Waals surface area contributed by atoms with E-state index in [2.05, 4.69) is 20.7 Å². The van der Waals surface area contributed by atoms with Gasteiger partial charge >= 0.3 is 0 Å². The maximum Gasteiger partial charge on any atom is 0.251 e. The summed E-state index contributed by atoms with van der Waals surface area (Å²) in [6, 6.07) is 14.2. The number of hydrogen-bond acceptors (Lipinski definition) is 4. The third-order valence-electron chi connectivity index (χ3n) is 4.02. The molecule has 0 aliphatic carbocycles. The highest BCUT2D eigenvalue weighted by atomic mass is 16.3. The summed E-state index contributed by atoms with van der Waals surface area (Å²) in [5.41, 5.74) is 2.64. The first-order chi connectivity index (χ1) is 11.7. The Morgan fingerprint density at radius 1 is 1.17 bits per heavy atom. The largest absolute Gasteiger partial charge is 0.386 e. The molecule has 3 aromatic rings. The number of nitrogens with one attached hydrogen (secondary N) is 2. The van der Waals surface area contributed by atoms with Crippen LogP contribution in [0.2, 0.25) is 0 Å². The smallest absolute Gasteiger partial charge is 0.251 e. The van der Waals surface area contributed by atoms with Gasteiger partial charge in [-0.15, -0.1) is 0 Å². The maximum absolute atomic E-state index is 12.6. The number of benzene rings is 2. The number of fused-ring (bicyclic) bond motifs is 1. The van der Waals surface area contributed by atoms with E-state index in [0.717, 1.165) is 12.0 Å². The summed E-state index contributed by atoms with van der Waals surface area (Å²) in [6.07, 6.45) is 0.802. The highest BCUT2D eigenvalue weighted by molar-refractivity contribution is 5.97. The summed E-state index contributed by atoms with van der Waals surface area (Å²) < 4.78 is 0. The minimum atomic E-state index is -0.745. The molecule has 0 aliphatic heterocycles. The molecule has 3 rings (SSSR count). The van der Waals surface area contributed by atoms with Crippen LogP contribution < -0.4 is 5.32 Å². The predicted molar refractivity (Wildman–Crippen MR) is 91.5 cm³/mol. The number of carbonyl (C=O) groups excluding carboxylic acids is 1. The molecule has 0 aliphatic rings. The van der Waals surface area contributed by atoms with E-state index in [4.69, 9.17) is 0 Å². The molecule has 6 nitrogen and oxygen atoms in total. The van der Waals surface area contributed by atoms with Gasteiger partial charge < -0.3 is 10.4 Å². The van der Waals surface area contributed by atoms with Gasteiger partial charge in [0.25, 0.3) is 5.91 Å². The molecule has 3 N–H and O–H groups in total. The highest BCUT2D eigenvalue weighted by Gasteiger charge is 2.22. The Balaban J connectivity index is 1.78. The van der Waals surface area contributed by atoms with Crippen molar-refractivity contribution in [2.24, 2.45) is 0 Å². The lowest BCUT2D eigenvalue weighted by atomic mass is 9.98. The minimum Gasteiger partial charge on any atom is -0.386 e. The monoisotopic (exact) mass is 324 g/mol. The van der Waals surface area contributed by atoms with Gasteiger partial charge in [0.05, 0.1) is 12.1 Å². The molecule has 1 amide bonds. The first-order valence-electron chi connectivity index (χ1n) is 8.03. The molecule has 6 heteroatoms. The van der Waals surface area contributed by atoms with Crippen LogP contribution in [-0.4, -0.2) is 32.5 Å². The average Bonchev–Trinajstić information content (AvgIpc) is 3.09. The van der Waals surface area contributed by atoms with Gasteiger partial charge in [-0.25, -0.2) is 0 Å². The van der Waals surface area contributed by atoms with Crippen molar-refractivity contribution < 1.29 is 9.90 Å². The van der Waals surface area contributed by atoms with Crippen LogP contribution in [0, 0.1) is 0 Å². The van der Waals surface area contributed by atoms with E-state index in [9.17, 15) is 9.90 Å². The standard InChI is InChI=1S/C18H20N4O2/c1-2-6-15(17(23)12-7-4-3-5-8-12)19-18(24)13-9-10-14-16(11-13)21-22-20-14/h3-5,7-11,15,17,23H,2,6H2,1H3,(H,19,24)(H,20,21,22)/t15-,17-/m1/s1. The number of aliphatic hydroxyl groups is 1. The van der Waals surface area contributed by atoms with Crippen molar-refractivity contribution in [3.63, 3.8) is 0 Å². The van der Waals surface area contributed by atoms with Crippen LogP contribution in [0.15, 0.2) is 48.5 Å². The van der Waals surface area contributed by atoms with Crippen molar-refractivity contribution in [2.75, 3.05) is 0 Å². The second-order valence-electron chi connectivity index (χ2n) is 5.75. The zero-order valence-corrected chi connectivity index (χ0v) is 13.4. The van der Waals surface area contributed by atoms with E-state index in [-0.39, 0.29) is 11.9 Å². The fourth-order valence-corrected chi connectivity index (χ4v) is 2.74. The number of aliphatic hydroxyl groups excluding tert-OH is 1. The number of aromatic amines is 1. The minimum absolute atomic E-state index is 0.228. The number of amides is 1. The molecule has 124 valence electrons. The Bertz CT molecular complexity index is 816. The van der Waals surface area contributed by atoms with Crippen molar-refractivity contribution in [1.82, 2.24) is 20.7 Å². The molecule has 0 saturated heterocycles. The SMILES string of the molecule is CCC[C@@H](NC(=O)c1ccc2n[nH]nc2c1)[C@H](O)c1ccccc1.